The summed E-state index contributed by atoms with van der Waals surface area (Å²) in [5.74, 6) is -1.12. The summed E-state index contributed by atoms with van der Waals surface area (Å²) >= 11 is 3.22. The summed E-state index contributed by atoms with van der Waals surface area (Å²) in [7, 11) is 0. The molecule has 0 bridgehead atoms. The summed E-state index contributed by atoms with van der Waals surface area (Å²) in [5.41, 5.74) is -1.50. The summed E-state index contributed by atoms with van der Waals surface area (Å²) in [4.78, 5) is 24.2. The monoisotopic (exact) mass is 443 g/mol. The minimum atomic E-state index is -1.71. The van der Waals surface area contributed by atoms with Crippen LogP contribution in [-0.4, -0.2) is 46.9 Å². The molecule has 2 aromatic heterocycles. The number of halogens is 4. The number of amides is 1. The van der Waals surface area contributed by atoms with Gasteiger partial charge in [0, 0.05) is 10.7 Å². The van der Waals surface area contributed by atoms with Crippen LogP contribution in [0.4, 0.5) is 19.2 Å². The number of amidine groups is 1. The van der Waals surface area contributed by atoms with Gasteiger partial charge < -0.3 is 10.1 Å². The Bertz CT molecular complexity index is 865. The number of ether oxygens (including phenoxy) is 1. The maximum absolute atomic E-state index is 13.8. The standard InChI is InChI=1S/C16H13BrF3N5O2/c17-10-4-5-11(21-6-10)15(26)23-13-3-1-2-12(22-13)16(8-18)9-27-7-14(24-16)25(19)20/h1-6H,7-9H2,(H,22,23,26). The van der Waals surface area contributed by atoms with Gasteiger partial charge in [0.25, 0.3) is 5.91 Å². The fourth-order valence-electron chi connectivity index (χ4n) is 2.43. The number of rotatable bonds is 4. The van der Waals surface area contributed by atoms with Crippen LogP contribution in [0.5, 0.6) is 0 Å². The van der Waals surface area contributed by atoms with Crippen molar-refractivity contribution in [3.8, 4) is 0 Å². The van der Waals surface area contributed by atoms with Crippen LogP contribution in [-0.2, 0) is 10.3 Å². The Morgan fingerprint density at radius 3 is 2.81 bits per heavy atom. The van der Waals surface area contributed by atoms with E-state index in [0.29, 0.717) is 4.47 Å². The molecule has 0 saturated heterocycles. The van der Waals surface area contributed by atoms with Crippen molar-refractivity contribution in [2.45, 2.75) is 5.54 Å². The van der Waals surface area contributed by atoms with Gasteiger partial charge in [0.15, 0.2) is 11.4 Å². The van der Waals surface area contributed by atoms with E-state index >= 15 is 0 Å². The van der Waals surface area contributed by atoms with E-state index in [9.17, 15) is 18.1 Å². The van der Waals surface area contributed by atoms with Crippen LogP contribution in [0, 0.1) is 0 Å². The molecule has 27 heavy (non-hydrogen) atoms. The summed E-state index contributed by atoms with van der Waals surface area (Å²) in [6.45, 7) is -1.77. The average Bonchev–Trinajstić information content (AvgIpc) is 2.68. The lowest BCUT2D eigenvalue weighted by Crippen LogP contribution is -2.42. The molecular formula is C16H13BrF3N5O2. The van der Waals surface area contributed by atoms with Crippen LogP contribution in [0.3, 0.4) is 0 Å². The number of hydrogen-bond donors (Lipinski definition) is 1. The second kappa shape index (κ2) is 8.01. The van der Waals surface area contributed by atoms with Crippen molar-refractivity contribution in [3.63, 3.8) is 0 Å². The maximum atomic E-state index is 13.8. The highest BCUT2D eigenvalue weighted by Crippen LogP contribution is 2.30. The van der Waals surface area contributed by atoms with E-state index in [1.807, 2.05) is 0 Å². The Balaban J connectivity index is 1.87. The zero-order valence-corrected chi connectivity index (χ0v) is 15.3. The molecule has 3 heterocycles. The fraction of sp³-hybridized carbons (Fsp3) is 0.250. The van der Waals surface area contributed by atoms with E-state index in [4.69, 9.17) is 4.74 Å². The van der Waals surface area contributed by atoms with Crippen LogP contribution in [0.15, 0.2) is 46.0 Å². The molecule has 0 aromatic carbocycles. The van der Waals surface area contributed by atoms with E-state index in [-0.39, 0.29) is 23.8 Å². The molecule has 2 aromatic rings. The van der Waals surface area contributed by atoms with Gasteiger partial charge in [-0.3, -0.25) is 4.79 Å². The van der Waals surface area contributed by atoms with Gasteiger partial charge in [0.05, 0.1) is 12.3 Å². The highest BCUT2D eigenvalue weighted by Gasteiger charge is 2.39. The molecule has 11 heteroatoms. The first-order valence-electron chi connectivity index (χ1n) is 7.68. The molecule has 142 valence electrons. The number of aliphatic imine (C=N–C) groups is 1. The topological polar surface area (TPSA) is 79.7 Å². The van der Waals surface area contributed by atoms with Gasteiger partial charge in [-0.25, -0.2) is 19.4 Å². The van der Waals surface area contributed by atoms with Gasteiger partial charge in [-0.15, -0.1) is 0 Å². The van der Waals surface area contributed by atoms with Gasteiger partial charge in [0.1, 0.15) is 24.8 Å². The second-order valence-corrected chi connectivity index (χ2v) is 6.56. The summed E-state index contributed by atoms with van der Waals surface area (Å²) in [6.07, 6.45) is 1.46. The predicted octanol–water partition coefficient (Wildman–Crippen LogP) is 3.16. The van der Waals surface area contributed by atoms with E-state index in [1.165, 1.54) is 30.5 Å². The van der Waals surface area contributed by atoms with Crippen LogP contribution in [0.25, 0.3) is 0 Å². The molecule has 1 atom stereocenters. The van der Waals surface area contributed by atoms with Crippen molar-refractivity contribution in [1.29, 1.82) is 0 Å². The number of pyridine rings is 2. The highest BCUT2D eigenvalue weighted by molar-refractivity contribution is 9.10. The van der Waals surface area contributed by atoms with E-state index in [1.54, 1.807) is 6.07 Å². The lowest BCUT2D eigenvalue weighted by Gasteiger charge is -2.31. The molecule has 1 aliphatic heterocycles. The second-order valence-electron chi connectivity index (χ2n) is 5.64. The molecular weight excluding hydrogens is 431 g/mol. The Kier molecular flexibility index (Phi) is 5.71. The predicted molar refractivity (Wildman–Crippen MR) is 94.1 cm³/mol. The lowest BCUT2D eigenvalue weighted by atomic mass is 9.97. The highest BCUT2D eigenvalue weighted by atomic mass is 79.9. The minimum absolute atomic E-state index is 0.0608. The number of nitrogens with one attached hydrogen (secondary N) is 1. The molecule has 1 N–H and O–H groups in total. The maximum Gasteiger partial charge on any atom is 0.275 e. The van der Waals surface area contributed by atoms with Gasteiger partial charge in [-0.05, 0) is 45.5 Å². The first kappa shape index (κ1) is 19.2. The molecule has 0 spiro atoms. The summed E-state index contributed by atoms with van der Waals surface area (Å²) in [6, 6.07) is 7.59. The Morgan fingerprint density at radius 1 is 1.33 bits per heavy atom. The first-order chi connectivity index (χ1) is 12.9. The van der Waals surface area contributed by atoms with Crippen LogP contribution in [0.2, 0.25) is 0 Å². The number of carbonyl (C=O) groups excluding carboxylic acids is 1. The van der Waals surface area contributed by atoms with E-state index in [0.717, 1.165) is 0 Å². The van der Waals surface area contributed by atoms with Crippen LogP contribution in [0.1, 0.15) is 16.2 Å². The Hall–Kier alpha value is -2.53. The third kappa shape index (κ3) is 4.25. The molecule has 3 rings (SSSR count). The zero-order chi connectivity index (χ0) is 19.4. The summed E-state index contributed by atoms with van der Waals surface area (Å²) < 4.78 is 45.1. The average molecular weight is 444 g/mol. The van der Waals surface area contributed by atoms with Crippen molar-refractivity contribution >= 4 is 33.5 Å². The SMILES string of the molecule is O=C(Nc1cccc(C2(CF)COCC(N(F)F)=N2)n1)c1ccc(Br)cn1. The third-order valence-electron chi connectivity index (χ3n) is 3.76. The number of anilines is 1. The molecule has 0 radical (unpaired) electrons. The van der Waals surface area contributed by atoms with E-state index < -0.39 is 35.9 Å². The third-order valence-corrected chi connectivity index (χ3v) is 4.23. The normalized spacial score (nSPS) is 19.3. The smallest absolute Gasteiger partial charge is 0.275 e. The molecule has 1 unspecified atom stereocenters. The van der Waals surface area contributed by atoms with Crippen molar-refractivity contribution < 1.29 is 22.9 Å². The van der Waals surface area contributed by atoms with Crippen molar-refractivity contribution in [2.75, 3.05) is 25.2 Å². The minimum Gasteiger partial charge on any atom is -0.370 e. The zero-order valence-electron chi connectivity index (χ0n) is 13.7. The number of alkyl halides is 1. The van der Waals surface area contributed by atoms with Crippen LogP contribution >= 0.6 is 15.9 Å². The van der Waals surface area contributed by atoms with Gasteiger partial charge in [-0.2, -0.15) is 0 Å². The lowest BCUT2D eigenvalue weighted by molar-refractivity contribution is -0.0872. The molecule has 1 aliphatic rings. The molecule has 0 fully saturated rings. The van der Waals surface area contributed by atoms with Crippen molar-refractivity contribution in [3.05, 3.63) is 52.4 Å². The van der Waals surface area contributed by atoms with Crippen molar-refractivity contribution in [2.24, 2.45) is 4.99 Å². The largest absolute Gasteiger partial charge is 0.370 e. The Morgan fingerprint density at radius 2 is 2.15 bits per heavy atom. The van der Waals surface area contributed by atoms with E-state index in [2.05, 4.69) is 36.2 Å². The van der Waals surface area contributed by atoms with Crippen molar-refractivity contribution in [1.82, 2.24) is 15.3 Å². The van der Waals surface area contributed by atoms with Gasteiger partial charge in [0.2, 0.25) is 0 Å². The molecule has 1 amide bonds. The molecule has 0 aliphatic carbocycles. The fourth-order valence-corrected chi connectivity index (χ4v) is 2.67. The molecule has 7 nitrogen and oxygen atoms in total. The van der Waals surface area contributed by atoms with Crippen LogP contribution < -0.4 is 5.32 Å². The van der Waals surface area contributed by atoms with Gasteiger partial charge in [-0.1, -0.05) is 15.0 Å². The quantitative estimate of drug-likeness (QED) is 0.734. The van der Waals surface area contributed by atoms with Gasteiger partial charge >= 0.3 is 0 Å². The Labute approximate surface area is 160 Å². The first-order valence-corrected chi connectivity index (χ1v) is 8.47. The molecule has 0 saturated carbocycles. The number of aromatic nitrogens is 2. The number of nitrogens with zero attached hydrogens (tertiary/aromatic N) is 4. The number of carbonyl (C=O) groups is 1. The summed E-state index contributed by atoms with van der Waals surface area (Å²) in [5, 5.41) is 1.32. The number of hydrogen-bond acceptors (Lipinski definition) is 6.